The lowest BCUT2D eigenvalue weighted by atomic mass is 9.65. The molecule has 0 aromatic carbocycles. The highest BCUT2D eigenvalue weighted by Crippen LogP contribution is 2.50. The molecule has 0 bridgehead atoms. The maximum absolute atomic E-state index is 12.9. The lowest BCUT2D eigenvalue weighted by Gasteiger charge is -2.47. The second-order valence-corrected chi connectivity index (χ2v) is 14.4. The molecule has 0 aromatic rings. The van der Waals surface area contributed by atoms with Gasteiger partial charge >= 0.3 is 12.1 Å². The summed E-state index contributed by atoms with van der Waals surface area (Å²) in [6.07, 6.45) is 2.19. The van der Waals surface area contributed by atoms with Crippen LogP contribution in [0.3, 0.4) is 0 Å². The molecule has 1 fully saturated rings. The summed E-state index contributed by atoms with van der Waals surface area (Å²) < 4.78 is 16.6. The summed E-state index contributed by atoms with van der Waals surface area (Å²) in [6.45, 7) is 13.6. The topological polar surface area (TPSA) is 90.9 Å². The molecule has 2 amide bonds. The van der Waals surface area contributed by atoms with Crippen molar-refractivity contribution in [1.82, 2.24) is 5.32 Å². The fraction of sp³-hybridized carbons (Fsp3) is 0.762. The summed E-state index contributed by atoms with van der Waals surface area (Å²) in [6, 6.07) is 0. The van der Waals surface area contributed by atoms with E-state index in [-0.39, 0.29) is 18.9 Å². The zero-order valence-corrected chi connectivity index (χ0v) is 19.7. The first-order chi connectivity index (χ1) is 13.5. The Morgan fingerprint density at radius 2 is 1.76 bits per heavy atom. The number of hydrogen-bond acceptors (Lipinski definition) is 6. The highest BCUT2D eigenvalue weighted by atomic mass is 28.4. The molecule has 2 atom stereocenters. The number of amides is 2. The molecular weight excluding hydrogens is 390 g/mol. The van der Waals surface area contributed by atoms with Gasteiger partial charge in [-0.3, -0.25) is 14.9 Å². The molecule has 2 rings (SSSR count). The van der Waals surface area contributed by atoms with E-state index in [1.54, 1.807) is 0 Å². The van der Waals surface area contributed by atoms with Crippen molar-refractivity contribution < 1.29 is 28.3 Å². The lowest BCUT2D eigenvalue weighted by molar-refractivity contribution is -0.173. The molecule has 164 valence electrons. The minimum atomic E-state index is -2.13. The maximum atomic E-state index is 12.9. The van der Waals surface area contributed by atoms with Crippen LogP contribution in [0.15, 0.2) is 11.8 Å². The molecule has 8 heteroatoms. The molecule has 2 aliphatic rings. The monoisotopic (exact) mass is 425 g/mol. The van der Waals surface area contributed by atoms with Crippen LogP contribution in [-0.2, 0) is 23.5 Å². The van der Waals surface area contributed by atoms with Crippen LogP contribution in [0.4, 0.5) is 4.79 Å². The van der Waals surface area contributed by atoms with E-state index < -0.39 is 31.7 Å². The Bertz CT molecular complexity index is 665. The number of hydrogen-bond donors (Lipinski definition) is 1. The Balaban J connectivity index is 2.37. The molecule has 1 heterocycles. The van der Waals surface area contributed by atoms with Gasteiger partial charge in [-0.1, -0.05) is 41.5 Å². The number of carbonyl (C=O) groups is 3. The van der Waals surface area contributed by atoms with Crippen LogP contribution in [0.2, 0.25) is 16.6 Å². The fourth-order valence-corrected chi connectivity index (χ4v) is 10.6. The van der Waals surface area contributed by atoms with Crippen molar-refractivity contribution in [2.75, 3.05) is 13.7 Å². The van der Waals surface area contributed by atoms with E-state index in [2.05, 4.69) is 51.6 Å². The Morgan fingerprint density at radius 1 is 1.17 bits per heavy atom. The Hall–Kier alpha value is -1.83. The van der Waals surface area contributed by atoms with E-state index in [4.69, 9.17) is 9.16 Å². The summed E-state index contributed by atoms with van der Waals surface area (Å²) in [7, 11) is -0.953. The number of ether oxygens (including phenoxy) is 2. The van der Waals surface area contributed by atoms with Gasteiger partial charge < -0.3 is 13.9 Å². The number of rotatable bonds is 6. The molecule has 0 spiro atoms. The third-order valence-electron chi connectivity index (χ3n) is 6.68. The van der Waals surface area contributed by atoms with Crippen LogP contribution in [0.25, 0.3) is 0 Å². The quantitative estimate of drug-likeness (QED) is 0.388. The van der Waals surface area contributed by atoms with Crippen molar-refractivity contribution in [2.24, 2.45) is 11.3 Å². The van der Waals surface area contributed by atoms with Crippen LogP contribution in [0.1, 0.15) is 60.8 Å². The fourth-order valence-electron chi connectivity index (χ4n) is 5.25. The number of imide groups is 1. The average Bonchev–Trinajstić information content (AvgIpc) is 2.65. The first-order valence-electron chi connectivity index (χ1n) is 10.5. The van der Waals surface area contributed by atoms with Crippen molar-refractivity contribution >= 4 is 26.3 Å². The van der Waals surface area contributed by atoms with E-state index in [1.807, 2.05) is 6.08 Å². The van der Waals surface area contributed by atoms with E-state index >= 15 is 0 Å². The van der Waals surface area contributed by atoms with Crippen molar-refractivity contribution in [1.29, 1.82) is 0 Å². The molecule has 29 heavy (non-hydrogen) atoms. The number of allylic oxidation sites excluding steroid dienone is 2. The van der Waals surface area contributed by atoms with Gasteiger partial charge in [0, 0.05) is 6.42 Å². The molecule has 1 N–H and O–H groups in total. The highest BCUT2D eigenvalue weighted by molar-refractivity contribution is 6.77. The summed E-state index contributed by atoms with van der Waals surface area (Å²) in [5.41, 5.74) is -0.131. The molecule has 1 aliphatic heterocycles. The largest absolute Gasteiger partial charge is 0.546 e. The van der Waals surface area contributed by atoms with Gasteiger partial charge in [0.1, 0.15) is 0 Å². The molecule has 0 radical (unpaired) electrons. The highest BCUT2D eigenvalue weighted by Gasteiger charge is 2.58. The zero-order valence-electron chi connectivity index (χ0n) is 18.7. The first-order valence-corrected chi connectivity index (χ1v) is 12.6. The van der Waals surface area contributed by atoms with Crippen LogP contribution in [0, 0.1) is 11.3 Å². The van der Waals surface area contributed by atoms with E-state index in [1.165, 1.54) is 7.11 Å². The summed E-state index contributed by atoms with van der Waals surface area (Å²) in [5.74, 6) is -0.638. The van der Waals surface area contributed by atoms with Gasteiger partial charge in [-0.2, -0.15) is 0 Å². The molecule has 7 nitrogen and oxygen atoms in total. The van der Waals surface area contributed by atoms with Crippen molar-refractivity contribution in [3.8, 4) is 0 Å². The van der Waals surface area contributed by atoms with Crippen LogP contribution >= 0.6 is 0 Å². The minimum absolute atomic E-state index is 0.160. The van der Waals surface area contributed by atoms with Crippen LogP contribution in [-0.4, -0.2) is 40.0 Å². The van der Waals surface area contributed by atoms with E-state index in [0.29, 0.717) is 29.5 Å². The molecule has 1 aliphatic carbocycles. The van der Waals surface area contributed by atoms with Crippen molar-refractivity contribution in [3.63, 3.8) is 0 Å². The number of fused-ring (bicyclic) bond motifs is 1. The van der Waals surface area contributed by atoms with Gasteiger partial charge in [0.05, 0.1) is 19.5 Å². The zero-order chi connectivity index (χ0) is 22.0. The predicted octanol–water partition coefficient (Wildman–Crippen LogP) is 4.29. The number of cyclic esters (lactones) is 1. The van der Waals surface area contributed by atoms with Gasteiger partial charge in [0.25, 0.3) is 8.32 Å². The van der Waals surface area contributed by atoms with Gasteiger partial charge in [-0.15, -0.1) is 0 Å². The lowest BCUT2D eigenvalue weighted by Crippen LogP contribution is -2.57. The second-order valence-electron chi connectivity index (χ2n) is 9.04. The Labute approximate surface area is 174 Å². The molecule has 0 unspecified atom stereocenters. The maximum Gasteiger partial charge on any atom is 0.413 e. The minimum Gasteiger partial charge on any atom is -0.546 e. The third-order valence-corrected chi connectivity index (χ3v) is 12.7. The normalized spacial score (nSPS) is 24.7. The smallest absolute Gasteiger partial charge is 0.413 e. The second kappa shape index (κ2) is 8.89. The standard InChI is InChI=1S/C21H35NO6Si/c1-13(2)29(14(3)4,15(5)6)28-17-8-10-21(18(23)22-20(25)26-7)16(12-17)9-11-27-19(21)24/h8,13-16H,9-12H2,1-7H3,(H,22,23,25)/t16-,21+/m1/s1. The predicted molar refractivity (Wildman–Crippen MR) is 111 cm³/mol. The molecule has 1 saturated heterocycles. The number of carbonyl (C=O) groups excluding carboxylic acids is 3. The summed E-state index contributed by atoms with van der Waals surface area (Å²) in [4.78, 5) is 37.1. The summed E-state index contributed by atoms with van der Waals surface area (Å²) in [5, 5.41) is 2.18. The Kier molecular flexibility index (Phi) is 7.19. The Morgan fingerprint density at radius 3 is 2.28 bits per heavy atom. The number of alkyl carbamates (subject to hydrolysis) is 1. The van der Waals surface area contributed by atoms with Crippen molar-refractivity contribution in [3.05, 3.63) is 11.8 Å². The number of nitrogens with one attached hydrogen (secondary N) is 1. The number of esters is 1. The molecular formula is C21H35NO6Si. The van der Waals surface area contributed by atoms with Gasteiger partial charge in [0.15, 0.2) is 5.41 Å². The number of methoxy groups -OCH3 is 1. The van der Waals surface area contributed by atoms with Crippen molar-refractivity contribution in [2.45, 2.75) is 77.4 Å². The summed E-state index contributed by atoms with van der Waals surface area (Å²) >= 11 is 0. The first kappa shape index (κ1) is 23.4. The van der Waals surface area contributed by atoms with Gasteiger partial charge in [-0.25, -0.2) is 4.79 Å². The van der Waals surface area contributed by atoms with Crippen LogP contribution < -0.4 is 5.32 Å². The van der Waals surface area contributed by atoms with Gasteiger partial charge in [0.2, 0.25) is 5.91 Å². The van der Waals surface area contributed by atoms with E-state index in [0.717, 1.165) is 5.76 Å². The average molecular weight is 426 g/mol. The van der Waals surface area contributed by atoms with E-state index in [9.17, 15) is 14.4 Å². The molecule has 0 aromatic heterocycles. The van der Waals surface area contributed by atoms with Crippen LogP contribution in [0.5, 0.6) is 0 Å². The third kappa shape index (κ3) is 4.08. The SMILES string of the molecule is COC(=O)NC(=O)[C@]12CC=C(O[Si](C(C)C)(C(C)C)C(C)C)C[C@H]1CCOC2=O. The molecule has 0 saturated carbocycles. The van der Waals surface area contributed by atoms with Gasteiger partial charge in [-0.05, 0) is 41.5 Å².